The van der Waals surface area contributed by atoms with Gasteiger partial charge in [-0.2, -0.15) is 0 Å². The first-order valence-corrected chi connectivity index (χ1v) is 8.33. The minimum Gasteiger partial charge on any atom is -0.497 e. The molecule has 0 spiro atoms. The zero-order valence-electron chi connectivity index (χ0n) is 13.8. The maximum absolute atomic E-state index is 12.1. The third-order valence-electron chi connectivity index (χ3n) is 3.26. The van der Waals surface area contributed by atoms with Gasteiger partial charge in [0.25, 0.3) is 5.91 Å². The van der Waals surface area contributed by atoms with Crippen molar-refractivity contribution in [2.45, 2.75) is 0 Å². The topological polar surface area (TPSA) is 73.9 Å². The van der Waals surface area contributed by atoms with Crippen molar-refractivity contribution in [3.63, 3.8) is 0 Å². The molecule has 0 aromatic heterocycles. The Labute approximate surface area is 164 Å². The molecule has 138 valence electrons. The summed E-state index contributed by atoms with van der Waals surface area (Å²) in [4.78, 5) is 24.2. The predicted molar refractivity (Wildman–Crippen MR) is 99.9 cm³/mol. The van der Waals surface area contributed by atoms with E-state index in [1.54, 1.807) is 18.2 Å². The van der Waals surface area contributed by atoms with Crippen LogP contribution in [-0.2, 0) is 9.53 Å². The average molecular weight is 419 g/mol. The van der Waals surface area contributed by atoms with Gasteiger partial charge in [-0.15, -0.1) is 0 Å². The Hall–Kier alpha value is -2.15. The van der Waals surface area contributed by atoms with Gasteiger partial charge in [0.1, 0.15) is 11.5 Å². The zero-order valence-corrected chi connectivity index (χ0v) is 16.0. The molecule has 0 radical (unpaired) electrons. The molecule has 6 nitrogen and oxygen atoms in total. The lowest BCUT2D eigenvalue weighted by atomic mass is 10.2. The second kappa shape index (κ2) is 8.98. The Kier molecular flexibility index (Phi) is 6.97. The number of benzene rings is 2. The van der Waals surface area contributed by atoms with Gasteiger partial charge in [0, 0.05) is 6.07 Å². The summed E-state index contributed by atoms with van der Waals surface area (Å²) in [7, 11) is 2.95. The average Bonchev–Trinajstić information content (AvgIpc) is 2.63. The molecule has 0 aliphatic rings. The van der Waals surface area contributed by atoms with Gasteiger partial charge in [-0.05, 0) is 24.3 Å². The Morgan fingerprint density at radius 3 is 2.35 bits per heavy atom. The summed E-state index contributed by atoms with van der Waals surface area (Å²) in [5.41, 5.74) is 0.263. The summed E-state index contributed by atoms with van der Waals surface area (Å²) in [5.74, 6) is -0.503. The standard InChI is InChI=1S/C17H14Cl3NO5/c1-24-9-3-6-13(25-2)12(7-9)21-14(22)8-26-17(23)15-10(18)4-5-11(19)16(15)20/h3-7H,8H2,1-2H3,(H,21,22). The smallest absolute Gasteiger partial charge is 0.341 e. The van der Waals surface area contributed by atoms with Crippen LogP contribution < -0.4 is 14.8 Å². The largest absolute Gasteiger partial charge is 0.497 e. The predicted octanol–water partition coefficient (Wildman–Crippen LogP) is 4.46. The number of rotatable bonds is 6. The van der Waals surface area contributed by atoms with Crippen LogP contribution in [0.15, 0.2) is 30.3 Å². The normalized spacial score (nSPS) is 10.2. The van der Waals surface area contributed by atoms with Crippen LogP contribution in [0.3, 0.4) is 0 Å². The third-order valence-corrected chi connectivity index (χ3v) is 4.38. The molecule has 0 heterocycles. The molecule has 2 aromatic carbocycles. The molecular weight excluding hydrogens is 405 g/mol. The van der Waals surface area contributed by atoms with E-state index in [-0.39, 0.29) is 20.6 Å². The fourth-order valence-corrected chi connectivity index (χ4v) is 2.70. The lowest BCUT2D eigenvalue weighted by Gasteiger charge is -2.12. The van der Waals surface area contributed by atoms with Gasteiger partial charge in [0.05, 0.1) is 40.5 Å². The van der Waals surface area contributed by atoms with Gasteiger partial charge in [0.15, 0.2) is 6.61 Å². The number of amides is 1. The number of esters is 1. The molecule has 0 fully saturated rings. The van der Waals surface area contributed by atoms with Gasteiger partial charge in [-0.25, -0.2) is 4.79 Å². The SMILES string of the molecule is COc1ccc(OC)c(NC(=O)COC(=O)c2c(Cl)ccc(Cl)c2Cl)c1. The van der Waals surface area contributed by atoms with Crippen LogP contribution in [0.1, 0.15) is 10.4 Å². The van der Waals surface area contributed by atoms with Crippen molar-refractivity contribution in [1.82, 2.24) is 0 Å². The molecule has 1 amide bonds. The fourth-order valence-electron chi connectivity index (χ4n) is 2.02. The first-order chi connectivity index (χ1) is 12.4. The second-order valence-corrected chi connectivity index (χ2v) is 6.10. The molecule has 2 rings (SSSR count). The van der Waals surface area contributed by atoms with Crippen LogP contribution in [0.25, 0.3) is 0 Å². The van der Waals surface area contributed by atoms with E-state index in [2.05, 4.69) is 5.32 Å². The Morgan fingerprint density at radius 1 is 1.00 bits per heavy atom. The number of ether oxygens (including phenoxy) is 3. The van der Waals surface area contributed by atoms with Gasteiger partial charge in [-0.1, -0.05) is 34.8 Å². The van der Waals surface area contributed by atoms with Crippen molar-refractivity contribution >= 4 is 52.4 Å². The number of hydrogen-bond donors (Lipinski definition) is 1. The van der Waals surface area contributed by atoms with Crippen molar-refractivity contribution in [3.8, 4) is 11.5 Å². The Morgan fingerprint density at radius 2 is 1.69 bits per heavy atom. The summed E-state index contributed by atoms with van der Waals surface area (Å²) < 4.78 is 15.2. The highest BCUT2D eigenvalue weighted by atomic mass is 35.5. The van der Waals surface area contributed by atoms with Crippen molar-refractivity contribution in [2.24, 2.45) is 0 Å². The van der Waals surface area contributed by atoms with E-state index in [0.29, 0.717) is 17.2 Å². The van der Waals surface area contributed by atoms with Gasteiger partial charge in [0.2, 0.25) is 0 Å². The summed E-state index contributed by atoms with van der Waals surface area (Å²) in [6, 6.07) is 7.74. The second-order valence-electron chi connectivity index (χ2n) is 4.91. The Bertz CT molecular complexity index is 841. The molecule has 0 bridgehead atoms. The van der Waals surface area contributed by atoms with E-state index in [9.17, 15) is 9.59 Å². The van der Waals surface area contributed by atoms with Gasteiger partial charge >= 0.3 is 5.97 Å². The van der Waals surface area contributed by atoms with Crippen LogP contribution in [0.4, 0.5) is 5.69 Å². The van der Waals surface area contributed by atoms with Crippen LogP contribution in [0, 0.1) is 0 Å². The van der Waals surface area contributed by atoms with E-state index in [4.69, 9.17) is 49.0 Å². The molecule has 1 N–H and O–H groups in total. The maximum Gasteiger partial charge on any atom is 0.341 e. The first-order valence-electron chi connectivity index (χ1n) is 7.20. The summed E-state index contributed by atoms with van der Waals surface area (Å²) in [5, 5.41) is 2.74. The van der Waals surface area contributed by atoms with E-state index in [1.165, 1.54) is 26.4 Å². The van der Waals surface area contributed by atoms with Gasteiger partial charge < -0.3 is 19.5 Å². The monoisotopic (exact) mass is 417 g/mol. The van der Waals surface area contributed by atoms with Crippen LogP contribution >= 0.6 is 34.8 Å². The van der Waals surface area contributed by atoms with Crippen LogP contribution in [-0.4, -0.2) is 32.7 Å². The number of anilines is 1. The lowest BCUT2D eigenvalue weighted by molar-refractivity contribution is -0.119. The van der Waals surface area contributed by atoms with Crippen molar-refractivity contribution in [3.05, 3.63) is 51.0 Å². The summed E-state index contributed by atoms with van der Waals surface area (Å²) >= 11 is 17.8. The number of hydrogen-bond acceptors (Lipinski definition) is 5. The highest BCUT2D eigenvalue weighted by Gasteiger charge is 2.20. The van der Waals surface area contributed by atoms with Crippen LogP contribution in [0.5, 0.6) is 11.5 Å². The lowest BCUT2D eigenvalue weighted by Crippen LogP contribution is -2.21. The summed E-state index contributed by atoms with van der Waals surface area (Å²) in [6.45, 7) is -0.557. The quantitative estimate of drug-likeness (QED) is 0.554. The number of nitrogens with one attached hydrogen (secondary N) is 1. The Balaban J connectivity index is 2.06. The molecule has 9 heteroatoms. The highest BCUT2D eigenvalue weighted by Crippen LogP contribution is 2.32. The molecule has 0 saturated carbocycles. The van der Waals surface area contributed by atoms with Crippen molar-refractivity contribution < 1.29 is 23.8 Å². The molecule has 2 aromatic rings. The molecule has 0 saturated heterocycles. The van der Waals surface area contributed by atoms with E-state index in [0.717, 1.165) is 0 Å². The maximum atomic E-state index is 12.1. The van der Waals surface area contributed by atoms with E-state index in [1.807, 2.05) is 0 Å². The third kappa shape index (κ3) is 4.72. The molecule has 26 heavy (non-hydrogen) atoms. The van der Waals surface area contributed by atoms with Gasteiger partial charge in [-0.3, -0.25) is 4.79 Å². The zero-order chi connectivity index (χ0) is 19.3. The molecule has 0 unspecified atom stereocenters. The summed E-state index contributed by atoms with van der Waals surface area (Å²) in [6.07, 6.45) is 0. The van der Waals surface area contributed by atoms with Crippen molar-refractivity contribution in [1.29, 1.82) is 0 Å². The first kappa shape index (κ1) is 20.2. The highest BCUT2D eigenvalue weighted by molar-refractivity contribution is 6.46. The molecule has 0 aliphatic heterocycles. The number of halogens is 3. The molecule has 0 atom stereocenters. The number of carbonyl (C=O) groups is 2. The van der Waals surface area contributed by atoms with Crippen LogP contribution in [0.2, 0.25) is 15.1 Å². The molecular formula is C17H14Cl3NO5. The van der Waals surface area contributed by atoms with E-state index < -0.39 is 18.5 Å². The minimum atomic E-state index is -0.866. The fraction of sp³-hybridized carbons (Fsp3) is 0.176. The minimum absolute atomic E-state index is 0.0426. The molecule has 0 aliphatic carbocycles. The number of methoxy groups -OCH3 is 2. The van der Waals surface area contributed by atoms with Crippen molar-refractivity contribution in [2.75, 3.05) is 26.1 Å². The number of carbonyl (C=O) groups excluding carboxylic acids is 2. The van der Waals surface area contributed by atoms with E-state index >= 15 is 0 Å².